The molecule has 0 spiro atoms. The fourth-order valence-electron chi connectivity index (χ4n) is 12.3. The summed E-state index contributed by atoms with van der Waals surface area (Å²) in [5.74, 6) is 3.32. The van der Waals surface area contributed by atoms with Gasteiger partial charge in [-0.2, -0.15) is 15.0 Å². The predicted molar refractivity (Wildman–Crippen MR) is 450 cm³/mol. The highest BCUT2D eigenvalue weighted by Crippen LogP contribution is 2.36. The molecule has 0 saturated carbocycles. The lowest BCUT2D eigenvalue weighted by Crippen LogP contribution is -2.14. The summed E-state index contributed by atoms with van der Waals surface area (Å²) >= 11 is 0. The van der Waals surface area contributed by atoms with Gasteiger partial charge < -0.3 is 36.6 Å². The van der Waals surface area contributed by atoms with Crippen molar-refractivity contribution in [3.05, 3.63) is 248 Å². The van der Waals surface area contributed by atoms with E-state index in [-0.39, 0.29) is 43.6 Å². The summed E-state index contributed by atoms with van der Waals surface area (Å²) in [6, 6.07) is 59.7. The zero-order valence-corrected chi connectivity index (χ0v) is 67.0. The molecule has 35 heteroatoms. The van der Waals surface area contributed by atoms with Gasteiger partial charge in [-0.15, -0.1) is 0 Å². The maximum atomic E-state index is 15.1. The quantitative estimate of drug-likeness (QED) is 0.0510. The normalized spacial score (nSPS) is 17.5. The van der Waals surface area contributed by atoms with Gasteiger partial charge >= 0.3 is 0 Å². The summed E-state index contributed by atoms with van der Waals surface area (Å²) in [4.78, 5) is 29.0. The second kappa shape index (κ2) is 35.1. The van der Waals surface area contributed by atoms with E-state index in [1.807, 2.05) is 31.2 Å². The smallest absolute Gasteiger partial charge is 0.261 e. The first kappa shape index (κ1) is 80.9. The van der Waals surface area contributed by atoms with E-state index >= 15 is 4.39 Å². The maximum Gasteiger partial charge on any atom is 0.261 e. The van der Waals surface area contributed by atoms with Crippen LogP contribution in [0.3, 0.4) is 0 Å². The van der Waals surface area contributed by atoms with Crippen LogP contribution in [0, 0.1) is 27.1 Å². The van der Waals surface area contributed by atoms with Crippen molar-refractivity contribution in [2.45, 2.75) is 74.8 Å². The molecule has 3 atom stereocenters. The van der Waals surface area contributed by atoms with E-state index in [4.69, 9.17) is 19.1 Å². The molecule has 3 aliphatic heterocycles. The third-order valence-corrected chi connectivity index (χ3v) is 28.2. The molecule has 3 aromatic heterocycles. The Morgan fingerprint density at radius 1 is 0.400 bits per heavy atom. The number of hydrogen-bond donors (Lipinski definition) is 12. The molecule has 0 saturated heterocycles. The van der Waals surface area contributed by atoms with E-state index < -0.39 is 65.1 Å². The number of benzene rings is 9. The number of halogens is 1. The number of aromatic nitrogens is 6. The standard InChI is InChI=1S/C27H28N6O4S2.C27H28N6O3S2.C26H25FN6O3S2/c1-37-22-11-13-23(14-12-22)39(35,36)33-20-9-7-19(8-10-20)25-18-30-27-31-21-5-4-6-24(17-21)38(28,34)16-3-2-15-29-26(25)32-27;1-19-7-13-23(14-8-19)38(35,36)33-21-11-9-20(10-12-21)25-18-30-27-31-22-5-4-6-24(17-22)37(28,34)16-3-2-15-29-26(25)32-27;27-23-15-18(11-12-24(23)33-38(35,36)20-8-2-1-3-9-20)22-17-30-26-31-19-7-6-10-21(16-19)37(28,34)14-5-4-13-29-25(22)32-26/h4-14,17-18,28,33H,2-3,15-16H2,1H3,(H2,29,30,31,32);4-14,17-18,28,33H,2-3,15-16H2,1H3,(H2,29,30,31,32);1-3,6-12,15-17,28,33H,4-5,13-14H2,(H2,29,30,31,32). The Balaban J connectivity index is 0.000000150. The number of nitrogens with zero attached hydrogens (tertiary/aromatic N) is 6. The molecule has 3 aliphatic rings. The van der Waals surface area contributed by atoms with Gasteiger partial charge in [0.1, 0.15) is 29.0 Å². The first-order valence-electron chi connectivity index (χ1n) is 36.2. The molecule has 9 aromatic carbocycles. The van der Waals surface area contributed by atoms with Crippen LogP contribution in [0.5, 0.6) is 5.75 Å². The molecule has 594 valence electrons. The molecule has 3 unspecified atom stereocenters. The van der Waals surface area contributed by atoms with Crippen molar-refractivity contribution in [3.8, 4) is 39.1 Å². The monoisotopic (exact) mass is 1660 g/mol. The first-order valence-corrected chi connectivity index (χ1v) is 45.9. The fraction of sp³-hybridized carbons (Fsp3) is 0.175. The molecule has 12 N–H and O–H groups in total. The number of nitrogens with one attached hydrogen (secondary N) is 12. The van der Waals surface area contributed by atoms with Crippen LogP contribution in [0.1, 0.15) is 44.1 Å². The lowest BCUT2D eigenvalue weighted by Gasteiger charge is -2.14. The molecule has 0 aliphatic carbocycles. The second-order valence-corrected chi connectivity index (χ2v) is 38.6. The molecule has 0 radical (unpaired) electrons. The highest BCUT2D eigenvalue weighted by atomic mass is 32.2. The molecule has 115 heavy (non-hydrogen) atoms. The van der Waals surface area contributed by atoms with Crippen LogP contribution in [-0.4, -0.2) is 112 Å². The van der Waals surface area contributed by atoms with Gasteiger partial charge in [0, 0.05) is 115 Å². The number of hydrogen-bond acceptors (Lipinski definition) is 25. The fourth-order valence-corrected chi connectivity index (χ4v) is 19.8. The van der Waals surface area contributed by atoms with Crippen LogP contribution in [0.2, 0.25) is 0 Å². The number of sulfonamides is 3. The van der Waals surface area contributed by atoms with Crippen molar-refractivity contribution >= 4 is 129 Å². The van der Waals surface area contributed by atoms with Gasteiger partial charge in [-0.05, 0) is 202 Å². The largest absolute Gasteiger partial charge is 0.497 e. The third-order valence-electron chi connectivity index (χ3n) is 18.4. The molecule has 6 heterocycles. The summed E-state index contributed by atoms with van der Waals surface area (Å²) in [5, 5.41) is 19.3. The van der Waals surface area contributed by atoms with Gasteiger partial charge in [0.25, 0.3) is 30.1 Å². The molecule has 12 bridgehead atoms. The van der Waals surface area contributed by atoms with Gasteiger partial charge in [0.05, 0.1) is 56.7 Å². The molecule has 12 aromatic rings. The second-order valence-electron chi connectivity index (χ2n) is 26.8. The molecule has 15 rings (SSSR count). The number of methoxy groups -OCH3 is 1. The molecule has 0 amide bonds. The Morgan fingerprint density at radius 3 is 1.14 bits per heavy atom. The van der Waals surface area contributed by atoms with Crippen LogP contribution >= 0.6 is 0 Å². The summed E-state index contributed by atoms with van der Waals surface area (Å²) in [5.41, 5.74) is 7.69. The van der Waals surface area contributed by atoms with Gasteiger partial charge in [0.2, 0.25) is 17.8 Å². The minimum Gasteiger partial charge on any atom is -0.497 e. The Kier molecular flexibility index (Phi) is 24.7. The predicted octanol–water partition coefficient (Wildman–Crippen LogP) is 16.4. The Hall–Kier alpha value is -12.2. The number of rotatable bonds is 13. The van der Waals surface area contributed by atoms with E-state index in [0.717, 1.165) is 34.2 Å². The van der Waals surface area contributed by atoms with Crippen LogP contribution < -0.4 is 50.8 Å². The highest BCUT2D eigenvalue weighted by Gasteiger charge is 2.23. The molecular formula is C80H81FN18O10S6. The van der Waals surface area contributed by atoms with Crippen LogP contribution in [0.25, 0.3) is 33.4 Å². The lowest BCUT2D eigenvalue weighted by molar-refractivity contribution is 0.414. The topological polar surface area (TPSA) is 420 Å². The van der Waals surface area contributed by atoms with Crippen molar-refractivity contribution in [1.29, 1.82) is 14.3 Å². The SMILES string of the molecule is COc1ccc(S(=O)(=O)Nc2ccc(-c3cnc4nc3NCCCCS(=N)(=O)c3cccc(c3)N4)cc2)cc1.Cc1ccc(S(=O)(=O)Nc2ccc(-c3cnc4nc3NCCCCS(=N)(=O)c3cccc(c3)N4)cc2)cc1.N=S1(=O)CCCCNc2nc(ncc2-c2ccc(NS(=O)(=O)c3ccccc3)c(F)c2)Nc2cccc1c2. The zero-order valence-electron chi connectivity index (χ0n) is 62.1. The number of ether oxygens (including phenoxy) is 1. The summed E-state index contributed by atoms with van der Waals surface area (Å²) in [6.07, 6.45) is 8.89. The number of fused-ring (bicyclic) bond motifs is 12. The minimum absolute atomic E-state index is 0.0298. The van der Waals surface area contributed by atoms with Crippen LogP contribution in [0.15, 0.2) is 266 Å². The zero-order chi connectivity index (χ0) is 81.0. The van der Waals surface area contributed by atoms with Crippen molar-refractivity contribution in [3.63, 3.8) is 0 Å². The van der Waals surface area contributed by atoms with E-state index in [9.17, 15) is 37.9 Å². The summed E-state index contributed by atoms with van der Waals surface area (Å²) in [7, 11) is -18.6. The molecule has 0 fully saturated rings. The van der Waals surface area contributed by atoms with E-state index in [0.29, 0.717) is 141 Å². The van der Waals surface area contributed by atoms with Crippen molar-refractivity contribution < 1.29 is 47.0 Å². The molecular weight excluding hydrogens is 1580 g/mol. The van der Waals surface area contributed by atoms with Crippen LogP contribution in [-0.2, 0) is 59.3 Å². The minimum atomic E-state index is -3.95. The van der Waals surface area contributed by atoms with Crippen molar-refractivity contribution in [1.82, 2.24) is 29.9 Å². The van der Waals surface area contributed by atoms with Gasteiger partial charge in [-0.3, -0.25) is 14.2 Å². The molecule has 28 nitrogen and oxygen atoms in total. The number of anilines is 12. The van der Waals surface area contributed by atoms with Gasteiger partial charge in [-0.25, -0.2) is 71.6 Å². The van der Waals surface area contributed by atoms with E-state index in [1.54, 1.807) is 176 Å². The van der Waals surface area contributed by atoms with E-state index in [2.05, 4.69) is 76.0 Å². The average Bonchev–Trinajstić information content (AvgIpc) is 1.41. The van der Waals surface area contributed by atoms with Crippen LogP contribution in [0.4, 0.5) is 73.8 Å². The van der Waals surface area contributed by atoms with Crippen molar-refractivity contribution in [2.75, 3.05) is 90.1 Å². The first-order chi connectivity index (χ1) is 55.1. The van der Waals surface area contributed by atoms with Gasteiger partial charge in [0.15, 0.2) is 0 Å². The average molecular weight is 1670 g/mol. The van der Waals surface area contributed by atoms with E-state index in [1.165, 1.54) is 43.5 Å². The van der Waals surface area contributed by atoms with Gasteiger partial charge in [-0.1, -0.05) is 84.4 Å². The van der Waals surface area contributed by atoms with Crippen molar-refractivity contribution in [2.24, 2.45) is 0 Å². The third kappa shape index (κ3) is 20.6. The lowest BCUT2D eigenvalue weighted by atomic mass is 10.1. The Labute approximate surface area is 667 Å². The Bertz CT molecular complexity index is 6270. The number of aryl methyl sites for hydroxylation is 1. The summed E-state index contributed by atoms with van der Waals surface area (Å²) < 4.78 is 168. The maximum absolute atomic E-state index is 15.1. The highest BCUT2D eigenvalue weighted by molar-refractivity contribution is 7.94. The summed E-state index contributed by atoms with van der Waals surface area (Å²) in [6.45, 7) is 3.57. The Morgan fingerprint density at radius 2 is 0.757 bits per heavy atom.